The highest BCUT2D eigenvalue weighted by Crippen LogP contribution is 2.30. The molecule has 0 saturated carbocycles. The molecule has 158 valence electrons. The monoisotopic (exact) mass is 432 g/mol. The Morgan fingerprint density at radius 1 is 1.10 bits per heavy atom. The molecule has 0 spiro atoms. The normalized spacial score (nSPS) is 10.8. The number of nitrogens with zero attached hydrogens (tertiary/aromatic N) is 3. The highest BCUT2D eigenvalue weighted by molar-refractivity contribution is 7.17. The van der Waals surface area contributed by atoms with E-state index >= 15 is 0 Å². The van der Waals surface area contributed by atoms with E-state index in [2.05, 4.69) is 19.9 Å². The first-order chi connectivity index (χ1) is 15.0. The zero-order valence-corrected chi connectivity index (χ0v) is 18.6. The van der Waals surface area contributed by atoms with E-state index in [0.717, 1.165) is 45.6 Å². The zero-order chi connectivity index (χ0) is 21.8. The van der Waals surface area contributed by atoms with E-state index in [0.29, 0.717) is 11.5 Å². The van der Waals surface area contributed by atoms with Gasteiger partial charge in [-0.25, -0.2) is 9.97 Å². The van der Waals surface area contributed by atoms with Crippen molar-refractivity contribution in [2.24, 2.45) is 0 Å². The second-order valence-electron chi connectivity index (χ2n) is 7.14. The summed E-state index contributed by atoms with van der Waals surface area (Å²) in [7, 11) is 0. The molecule has 0 saturated heterocycles. The molecule has 4 aromatic rings. The third-order valence-electron chi connectivity index (χ3n) is 4.90. The predicted octanol–water partition coefficient (Wildman–Crippen LogP) is 5.32. The highest BCUT2D eigenvalue weighted by Gasteiger charge is 2.16. The molecule has 6 nitrogen and oxygen atoms in total. The van der Waals surface area contributed by atoms with Gasteiger partial charge in [0.25, 0.3) is 5.91 Å². The second kappa shape index (κ2) is 9.14. The Morgan fingerprint density at radius 2 is 1.84 bits per heavy atom. The summed E-state index contributed by atoms with van der Waals surface area (Å²) in [4.78, 5) is 22.3. The van der Waals surface area contributed by atoms with Gasteiger partial charge in [-0.15, -0.1) is 11.3 Å². The average molecular weight is 433 g/mol. The van der Waals surface area contributed by atoms with Crippen molar-refractivity contribution in [1.82, 2.24) is 14.5 Å². The Bertz CT molecular complexity index is 1180. The molecule has 7 heteroatoms. The van der Waals surface area contributed by atoms with Crippen LogP contribution in [0, 0.1) is 13.8 Å². The standard InChI is InChI=1S/C24H24N4O2S/c1-4-30-21-11-7-19(8-12-21)24-26-16(2)22(31-24)23(29)27-20-9-5-18(6-10-20)15-28-14-13-25-17(28)3/h5-14H,4,15H2,1-3H3,(H,27,29). The largest absolute Gasteiger partial charge is 0.494 e. The number of anilines is 1. The van der Waals surface area contributed by atoms with Crippen LogP contribution in [0.5, 0.6) is 5.75 Å². The van der Waals surface area contributed by atoms with Crippen molar-refractivity contribution < 1.29 is 9.53 Å². The van der Waals surface area contributed by atoms with E-state index in [4.69, 9.17) is 4.74 Å². The van der Waals surface area contributed by atoms with Crippen LogP contribution in [-0.4, -0.2) is 27.0 Å². The Labute approximate surface area is 185 Å². The molecule has 0 bridgehead atoms. The van der Waals surface area contributed by atoms with Gasteiger partial charge in [0, 0.05) is 30.2 Å². The molecule has 0 radical (unpaired) electrons. The highest BCUT2D eigenvalue weighted by atomic mass is 32.1. The number of aryl methyl sites for hydroxylation is 2. The fraction of sp³-hybridized carbons (Fsp3) is 0.208. The minimum absolute atomic E-state index is 0.148. The number of hydrogen-bond donors (Lipinski definition) is 1. The number of imidazole rings is 1. The summed E-state index contributed by atoms with van der Waals surface area (Å²) in [5, 5.41) is 3.80. The number of amides is 1. The molecular formula is C24H24N4O2S. The van der Waals surface area contributed by atoms with Crippen LogP contribution in [0.2, 0.25) is 0 Å². The third kappa shape index (κ3) is 4.83. The van der Waals surface area contributed by atoms with Crippen LogP contribution in [0.15, 0.2) is 60.9 Å². The second-order valence-corrected chi connectivity index (χ2v) is 8.14. The molecule has 0 atom stereocenters. The maximum atomic E-state index is 12.8. The molecule has 0 fully saturated rings. The van der Waals surface area contributed by atoms with E-state index in [9.17, 15) is 4.79 Å². The maximum absolute atomic E-state index is 12.8. The summed E-state index contributed by atoms with van der Waals surface area (Å²) >= 11 is 1.39. The lowest BCUT2D eigenvalue weighted by atomic mass is 10.2. The van der Waals surface area contributed by atoms with Gasteiger partial charge >= 0.3 is 0 Å². The average Bonchev–Trinajstić information content (AvgIpc) is 3.36. The first-order valence-corrected chi connectivity index (χ1v) is 10.9. The smallest absolute Gasteiger partial charge is 0.267 e. The summed E-state index contributed by atoms with van der Waals surface area (Å²) in [6, 6.07) is 15.6. The number of rotatable bonds is 7. The first kappa shape index (κ1) is 20.8. The molecule has 0 aliphatic carbocycles. The number of aromatic nitrogens is 3. The van der Waals surface area contributed by atoms with Gasteiger partial charge in [-0.3, -0.25) is 4.79 Å². The summed E-state index contributed by atoms with van der Waals surface area (Å²) in [5.74, 6) is 1.65. The maximum Gasteiger partial charge on any atom is 0.267 e. The summed E-state index contributed by atoms with van der Waals surface area (Å²) in [5.41, 5.74) is 3.59. The van der Waals surface area contributed by atoms with E-state index in [1.807, 2.05) is 75.5 Å². The lowest BCUT2D eigenvalue weighted by molar-refractivity contribution is 0.103. The van der Waals surface area contributed by atoms with Gasteiger partial charge in [0.15, 0.2) is 0 Å². The van der Waals surface area contributed by atoms with Crippen LogP contribution in [-0.2, 0) is 6.54 Å². The zero-order valence-electron chi connectivity index (χ0n) is 17.8. The Morgan fingerprint density at radius 3 is 2.48 bits per heavy atom. The molecule has 2 heterocycles. The lowest BCUT2D eigenvalue weighted by Gasteiger charge is -2.08. The molecule has 0 unspecified atom stereocenters. The third-order valence-corrected chi connectivity index (χ3v) is 6.11. The molecule has 2 aromatic carbocycles. The van der Waals surface area contributed by atoms with Crippen LogP contribution in [0.1, 0.15) is 33.7 Å². The van der Waals surface area contributed by atoms with Crippen LogP contribution in [0.25, 0.3) is 10.6 Å². The molecule has 1 amide bonds. The Kier molecular flexibility index (Phi) is 6.13. The van der Waals surface area contributed by atoms with Gasteiger partial charge in [-0.05, 0) is 62.7 Å². The van der Waals surface area contributed by atoms with Crippen molar-refractivity contribution in [3.8, 4) is 16.3 Å². The lowest BCUT2D eigenvalue weighted by Crippen LogP contribution is -2.11. The number of ether oxygens (including phenoxy) is 1. The molecule has 0 aliphatic rings. The molecule has 0 aliphatic heterocycles. The Balaban J connectivity index is 1.44. The number of hydrogen-bond acceptors (Lipinski definition) is 5. The van der Waals surface area contributed by atoms with Crippen LogP contribution in [0.3, 0.4) is 0 Å². The van der Waals surface area contributed by atoms with Gasteiger partial charge in [-0.1, -0.05) is 12.1 Å². The number of carbonyl (C=O) groups is 1. The van der Waals surface area contributed by atoms with Gasteiger partial charge in [-0.2, -0.15) is 0 Å². The molecule has 4 rings (SSSR count). The van der Waals surface area contributed by atoms with Crippen molar-refractivity contribution in [1.29, 1.82) is 0 Å². The fourth-order valence-corrected chi connectivity index (χ4v) is 4.21. The number of benzene rings is 2. The molecular weight excluding hydrogens is 408 g/mol. The van der Waals surface area contributed by atoms with E-state index in [-0.39, 0.29) is 5.91 Å². The number of thiazole rings is 1. The quantitative estimate of drug-likeness (QED) is 0.429. The van der Waals surface area contributed by atoms with E-state index < -0.39 is 0 Å². The van der Waals surface area contributed by atoms with Crippen molar-refractivity contribution in [2.75, 3.05) is 11.9 Å². The molecule has 1 N–H and O–H groups in total. The van der Waals surface area contributed by atoms with Gasteiger partial charge in [0.05, 0.1) is 12.3 Å². The van der Waals surface area contributed by atoms with Crippen molar-refractivity contribution >= 4 is 22.9 Å². The van der Waals surface area contributed by atoms with Crippen molar-refractivity contribution in [3.63, 3.8) is 0 Å². The van der Waals surface area contributed by atoms with Gasteiger partial charge in [0.2, 0.25) is 0 Å². The Hall–Kier alpha value is -3.45. The minimum atomic E-state index is -0.148. The topological polar surface area (TPSA) is 69.0 Å². The van der Waals surface area contributed by atoms with Gasteiger partial charge < -0.3 is 14.6 Å². The summed E-state index contributed by atoms with van der Waals surface area (Å²) < 4.78 is 7.57. The van der Waals surface area contributed by atoms with Crippen LogP contribution < -0.4 is 10.1 Å². The van der Waals surface area contributed by atoms with Gasteiger partial charge in [0.1, 0.15) is 21.5 Å². The van der Waals surface area contributed by atoms with Crippen molar-refractivity contribution in [2.45, 2.75) is 27.3 Å². The van der Waals surface area contributed by atoms with Crippen LogP contribution in [0.4, 0.5) is 5.69 Å². The summed E-state index contributed by atoms with van der Waals surface area (Å²) in [6.07, 6.45) is 3.75. The summed E-state index contributed by atoms with van der Waals surface area (Å²) in [6.45, 7) is 7.18. The van der Waals surface area contributed by atoms with Crippen molar-refractivity contribution in [3.05, 3.63) is 82.9 Å². The fourth-order valence-electron chi connectivity index (χ4n) is 3.24. The number of nitrogens with one attached hydrogen (secondary N) is 1. The van der Waals surface area contributed by atoms with E-state index in [1.54, 1.807) is 6.20 Å². The predicted molar refractivity (Wildman–Crippen MR) is 124 cm³/mol. The number of carbonyl (C=O) groups excluding carboxylic acids is 1. The van der Waals surface area contributed by atoms with Crippen LogP contribution >= 0.6 is 11.3 Å². The van der Waals surface area contributed by atoms with E-state index in [1.165, 1.54) is 11.3 Å². The molecule has 31 heavy (non-hydrogen) atoms. The molecule has 2 aromatic heterocycles. The SMILES string of the molecule is CCOc1ccc(-c2nc(C)c(C(=O)Nc3ccc(Cn4ccnc4C)cc3)s2)cc1. The minimum Gasteiger partial charge on any atom is -0.494 e. The first-order valence-electron chi connectivity index (χ1n) is 10.1.